The lowest BCUT2D eigenvalue weighted by Gasteiger charge is -2.15. The number of anilines is 2. The Hall–Kier alpha value is -1.71. The maximum atomic E-state index is 12.1. The third kappa shape index (κ3) is 3.95. The first-order chi connectivity index (χ1) is 8.58. The molecule has 1 unspecified atom stereocenters. The minimum atomic E-state index is -0.0492. The van der Waals surface area contributed by atoms with E-state index in [0.29, 0.717) is 11.4 Å². The summed E-state index contributed by atoms with van der Waals surface area (Å²) in [6.45, 7) is 4.10. The molecule has 100 valence electrons. The van der Waals surface area contributed by atoms with E-state index in [9.17, 15) is 9.90 Å². The number of benzene rings is 1. The molecule has 0 saturated carbocycles. The number of nitrogens with one attached hydrogen (secondary N) is 1. The monoisotopic (exact) mass is 250 g/mol. The Balaban J connectivity index is 2.70. The average molecular weight is 250 g/mol. The molecular weight excluding hydrogens is 228 g/mol. The van der Waals surface area contributed by atoms with Crippen molar-refractivity contribution in [3.05, 3.63) is 18.2 Å². The molecule has 0 saturated heterocycles. The number of unbranched alkanes of at least 4 members (excludes halogenated alkanes) is 1. The molecule has 0 aliphatic rings. The zero-order valence-electron chi connectivity index (χ0n) is 11.1. The van der Waals surface area contributed by atoms with Crippen molar-refractivity contribution in [2.75, 3.05) is 11.1 Å². The van der Waals surface area contributed by atoms with Gasteiger partial charge in [-0.3, -0.25) is 4.79 Å². The lowest BCUT2D eigenvalue weighted by atomic mass is 9.98. The summed E-state index contributed by atoms with van der Waals surface area (Å²) in [5.74, 6) is -0.0134. The molecule has 0 bridgehead atoms. The van der Waals surface area contributed by atoms with E-state index >= 15 is 0 Å². The highest BCUT2D eigenvalue weighted by molar-refractivity contribution is 5.94. The first kappa shape index (κ1) is 14.4. The van der Waals surface area contributed by atoms with Crippen molar-refractivity contribution in [3.63, 3.8) is 0 Å². The van der Waals surface area contributed by atoms with Crippen molar-refractivity contribution >= 4 is 17.3 Å². The van der Waals surface area contributed by atoms with Gasteiger partial charge in [0, 0.05) is 11.6 Å². The van der Waals surface area contributed by atoms with E-state index in [1.165, 1.54) is 6.07 Å². The molecule has 0 aliphatic heterocycles. The third-order valence-electron chi connectivity index (χ3n) is 3.05. The summed E-state index contributed by atoms with van der Waals surface area (Å²) < 4.78 is 0. The zero-order valence-corrected chi connectivity index (χ0v) is 11.1. The second-order valence-electron chi connectivity index (χ2n) is 4.51. The van der Waals surface area contributed by atoms with Crippen molar-refractivity contribution in [1.82, 2.24) is 0 Å². The minimum Gasteiger partial charge on any atom is -0.506 e. The molecule has 1 amide bonds. The van der Waals surface area contributed by atoms with E-state index in [-0.39, 0.29) is 17.6 Å². The lowest BCUT2D eigenvalue weighted by Crippen LogP contribution is -2.22. The summed E-state index contributed by atoms with van der Waals surface area (Å²) in [5.41, 5.74) is 6.53. The molecule has 4 nitrogen and oxygen atoms in total. The average Bonchev–Trinajstić information content (AvgIpc) is 2.35. The standard InChI is InChI=1S/C14H22N2O2/c1-3-5-6-10(4-2)14(18)16-12-9-11(15)7-8-13(12)17/h7-10,17H,3-6,15H2,1-2H3,(H,16,18). The molecule has 4 heteroatoms. The van der Waals surface area contributed by atoms with Crippen molar-refractivity contribution in [2.45, 2.75) is 39.5 Å². The highest BCUT2D eigenvalue weighted by Crippen LogP contribution is 2.26. The van der Waals surface area contributed by atoms with E-state index in [0.717, 1.165) is 25.7 Å². The Labute approximate surface area is 108 Å². The van der Waals surface area contributed by atoms with Gasteiger partial charge in [-0.05, 0) is 31.0 Å². The highest BCUT2D eigenvalue weighted by Gasteiger charge is 2.17. The smallest absolute Gasteiger partial charge is 0.227 e. The molecule has 0 aliphatic carbocycles. The van der Waals surface area contributed by atoms with Crippen LogP contribution < -0.4 is 11.1 Å². The Kier molecular flexibility index (Phi) is 5.49. The van der Waals surface area contributed by atoms with E-state index in [4.69, 9.17) is 5.73 Å². The first-order valence-corrected chi connectivity index (χ1v) is 6.47. The SMILES string of the molecule is CCCCC(CC)C(=O)Nc1cc(N)ccc1O. The largest absolute Gasteiger partial charge is 0.506 e. The molecule has 0 aromatic heterocycles. The predicted octanol–water partition coefficient (Wildman–Crippen LogP) is 3.13. The van der Waals surface area contributed by atoms with Crippen LogP contribution in [-0.4, -0.2) is 11.0 Å². The third-order valence-corrected chi connectivity index (χ3v) is 3.05. The molecule has 1 aromatic rings. The Morgan fingerprint density at radius 2 is 2.17 bits per heavy atom. The van der Waals surface area contributed by atoms with Gasteiger partial charge in [0.15, 0.2) is 0 Å². The molecule has 0 spiro atoms. The lowest BCUT2D eigenvalue weighted by molar-refractivity contribution is -0.120. The van der Waals surface area contributed by atoms with Gasteiger partial charge in [0.25, 0.3) is 0 Å². The maximum absolute atomic E-state index is 12.1. The van der Waals surface area contributed by atoms with Crippen LogP contribution in [0.5, 0.6) is 5.75 Å². The number of aromatic hydroxyl groups is 1. The van der Waals surface area contributed by atoms with Gasteiger partial charge < -0.3 is 16.2 Å². The molecular formula is C14H22N2O2. The van der Waals surface area contributed by atoms with Crippen LogP contribution in [0.3, 0.4) is 0 Å². The van der Waals surface area contributed by atoms with Crippen LogP contribution in [0.25, 0.3) is 0 Å². The van der Waals surface area contributed by atoms with Gasteiger partial charge in [0.1, 0.15) is 5.75 Å². The molecule has 18 heavy (non-hydrogen) atoms. The zero-order chi connectivity index (χ0) is 13.5. The van der Waals surface area contributed by atoms with Crippen molar-refractivity contribution in [2.24, 2.45) is 5.92 Å². The van der Waals surface area contributed by atoms with Crippen molar-refractivity contribution in [1.29, 1.82) is 0 Å². The van der Waals surface area contributed by atoms with E-state index in [2.05, 4.69) is 12.2 Å². The number of amides is 1. The fourth-order valence-corrected chi connectivity index (χ4v) is 1.86. The summed E-state index contributed by atoms with van der Waals surface area (Å²) in [6, 6.07) is 4.65. The van der Waals surface area contributed by atoms with E-state index in [1.54, 1.807) is 12.1 Å². The quantitative estimate of drug-likeness (QED) is 0.412. The Morgan fingerprint density at radius 1 is 1.44 bits per heavy atom. The summed E-state index contributed by atoms with van der Waals surface area (Å²) in [4.78, 5) is 12.1. The van der Waals surface area contributed by atoms with Crippen LogP contribution in [0.2, 0.25) is 0 Å². The van der Waals surface area contributed by atoms with Crippen molar-refractivity contribution < 1.29 is 9.90 Å². The van der Waals surface area contributed by atoms with Crippen LogP contribution in [0, 0.1) is 5.92 Å². The highest BCUT2D eigenvalue weighted by atomic mass is 16.3. The van der Waals surface area contributed by atoms with Crippen LogP contribution >= 0.6 is 0 Å². The Bertz CT molecular complexity index is 405. The molecule has 4 N–H and O–H groups in total. The number of hydrogen-bond donors (Lipinski definition) is 3. The number of rotatable bonds is 6. The number of nitrogen functional groups attached to an aromatic ring is 1. The van der Waals surface area contributed by atoms with Crippen LogP contribution in [-0.2, 0) is 4.79 Å². The van der Waals surface area contributed by atoms with Crippen molar-refractivity contribution in [3.8, 4) is 5.75 Å². The molecule has 1 atom stereocenters. The van der Waals surface area contributed by atoms with Gasteiger partial charge in [0.05, 0.1) is 5.69 Å². The fourth-order valence-electron chi connectivity index (χ4n) is 1.86. The summed E-state index contributed by atoms with van der Waals surface area (Å²) >= 11 is 0. The maximum Gasteiger partial charge on any atom is 0.227 e. The van der Waals surface area contributed by atoms with Gasteiger partial charge in [-0.2, -0.15) is 0 Å². The molecule has 0 fully saturated rings. The fraction of sp³-hybridized carbons (Fsp3) is 0.500. The van der Waals surface area contributed by atoms with Crippen LogP contribution in [0.1, 0.15) is 39.5 Å². The van der Waals surface area contributed by atoms with E-state index < -0.39 is 0 Å². The number of carbonyl (C=O) groups excluding carboxylic acids is 1. The van der Waals surface area contributed by atoms with Crippen LogP contribution in [0.4, 0.5) is 11.4 Å². The summed E-state index contributed by atoms with van der Waals surface area (Å²) in [7, 11) is 0. The number of carbonyl (C=O) groups is 1. The normalized spacial score (nSPS) is 12.1. The van der Waals surface area contributed by atoms with Gasteiger partial charge in [-0.25, -0.2) is 0 Å². The summed E-state index contributed by atoms with van der Waals surface area (Å²) in [5, 5.41) is 12.4. The molecule has 1 rings (SSSR count). The number of phenols is 1. The summed E-state index contributed by atoms with van der Waals surface area (Å²) in [6.07, 6.45) is 3.79. The van der Waals surface area contributed by atoms with E-state index in [1.807, 2.05) is 6.92 Å². The second kappa shape index (κ2) is 6.89. The molecule has 1 aromatic carbocycles. The minimum absolute atomic E-state index is 0.00854. The predicted molar refractivity (Wildman–Crippen MR) is 74.5 cm³/mol. The number of hydrogen-bond acceptors (Lipinski definition) is 3. The topological polar surface area (TPSA) is 75.4 Å². The van der Waals surface area contributed by atoms with Crippen LogP contribution in [0.15, 0.2) is 18.2 Å². The number of nitrogens with two attached hydrogens (primary N) is 1. The Morgan fingerprint density at radius 3 is 2.78 bits per heavy atom. The molecule has 0 radical (unpaired) electrons. The van der Waals surface area contributed by atoms with Gasteiger partial charge in [-0.15, -0.1) is 0 Å². The van der Waals surface area contributed by atoms with Gasteiger partial charge in [0.2, 0.25) is 5.91 Å². The van der Waals surface area contributed by atoms with Gasteiger partial charge in [-0.1, -0.05) is 26.7 Å². The second-order valence-corrected chi connectivity index (χ2v) is 4.51. The number of phenolic OH excluding ortho intramolecular Hbond substituents is 1. The first-order valence-electron chi connectivity index (χ1n) is 6.47. The van der Waals surface area contributed by atoms with Gasteiger partial charge >= 0.3 is 0 Å². The molecule has 0 heterocycles.